The standard InChI is InChI=1S/C16H20N2O5/c1-17(2)15(21)11-3-5-12(6-4-11)16(22)18-7-8-23-13(10-18)9-14(19)20/h3-6,13H,7-10H2,1-2H3,(H,19,20). The van der Waals surface area contributed by atoms with Crippen LogP contribution in [0.15, 0.2) is 24.3 Å². The van der Waals surface area contributed by atoms with Gasteiger partial charge in [0.05, 0.1) is 19.1 Å². The number of carbonyl (C=O) groups excluding carboxylic acids is 2. The Hall–Kier alpha value is -2.41. The van der Waals surface area contributed by atoms with Crippen molar-refractivity contribution in [2.75, 3.05) is 33.8 Å². The van der Waals surface area contributed by atoms with Crippen molar-refractivity contribution in [1.82, 2.24) is 9.80 Å². The predicted octanol–water partition coefficient (Wildman–Crippen LogP) is 0.704. The molecule has 1 aliphatic heterocycles. The van der Waals surface area contributed by atoms with E-state index < -0.39 is 12.1 Å². The van der Waals surface area contributed by atoms with Gasteiger partial charge in [-0.25, -0.2) is 0 Å². The number of hydrogen-bond donors (Lipinski definition) is 1. The molecule has 2 rings (SSSR count). The van der Waals surface area contributed by atoms with Crippen molar-refractivity contribution in [2.45, 2.75) is 12.5 Å². The second-order valence-electron chi connectivity index (χ2n) is 5.62. The van der Waals surface area contributed by atoms with Crippen molar-refractivity contribution in [3.63, 3.8) is 0 Å². The first kappa shape index (κ1) is 17.0. The molecule has 1 aromatic rings. The summed E-state index contributed by atoms with van der Waals surface area (Å²) in [6.07, 6.45) is -0.611. The Morgan fingerprint density at radius 1 is 1.22 bits per heavy atom. The van der Waals surface area contributed by atoms with Crippen molar-refractivity contribution < 1.29 is 24.2 Å². The SMILES string of the molecule is CN(C)C(=O)c1ccc(C(=O)N2CCOC(CC(=O)O)C2)cc1. The number of carboxylic acids is 1. The molecule has 7 heteroatoms. The van der Waals surface area contributed by atoms with Crippen LogP contribution in [0, 0.1) is 0 Å². The fourth-order valence-corrected chi connectivity index (χ4v) is 2.42. The van der Waals surface area contributed by atoms with Crippen molar-refractivity contribution in [3.05, 3.63) is 35.4 Å². The lowest BCUT2D eigenvalue weighted by Gasteiger charge is -2.32. The summed E-state index contributed by atoms with van der Waals surface area (Å²) in [6, 6.07) is 6.46. The molecule has 1 aliphatic rings. The van der Waals surface area contributed by atoms with Gasteiger partial charge in [0.15, 0.2) is 0 Å². The van der Waals surface area contributed by atoms with E-state index in [0.717, 1.165) is 0 Å². The van der Waals surface area contributed by atoms with Gasteiger partial charge >= 0.3 is 5.97 Å². The number of benzene rings is 1. The van der Waals surface area contributed by atoms with Crippen molar-refractivity contribution in [1.29, 1.82) is 0 Å². The van der Waals surface area contributed by atoms with Gasteiger partial charge in [-0.15, -0.1) is 0 Å². The molecule has 0 aliphatic carbocycles. The number of ether oxygens (including phenoxy) is 1. The highest BCUT2D eigenvalue weighted by atomic mass is 16.5. The molecule has 1 aromatic carbocycles. The molecule has 1 atom stereocenters. The average molecular weight is 320 g/mol. The van der Waals surface area contributed by atoms with Gasteiger partial charge in [0.1, 0.15) is 0 Å². The molecular formula is C16H20N2O5. The monoisotopic (exact) mass is 320 g/mol. The minimum absolute atomic E-state index is 0.125. The van der Waals surface area contributed by atoms with E-state index in [4.69, 9.17) is 9.84 Å². The summed E-state index contributed by atoms with van der Waals surface area (Å²) in [5.74, 6) is -1.26. The van der Waals surface area contributed by atoms with E-state index in [1.165, 1.54) is 4.90 Å². The van der Waals surface area contributed by atoms with Gasteiger partial charge in [-0.1, -0.05) is 0 Å². The van der Waals surface area contributed by atoms with Gasteiger partial charge in [-0.05, 0) is 24.3 Å². The average Bonchev–Trinajstić information content (AvgIpc) is 2.53. The summed E-state index contributed by atoms with van der Waals surface area (Å²) in [4.78, 5) is 38.1. The molecule has 23 heavy (non-hydrogen) atoms. The molecule has 0 aromatic heterocycles. The summed E-state index contributed by atoms with van der Waals surface area (Å²) >= 11 is 0. The zero-order valence-corrected chi connectivity index (χ0v) is 13.2. The molecule has 1 saturated heterocycles. The summed E-state index contributed by atoms with van der Waals surface area (Å²) in [5.41, 5.74) is 0.980. The summed E-state index contributed by atoms with van der Waals surface area (Å²) in [6.45, 7) is 0.998. The lowest BCUT2D eigenvalue weighted by Crippen LogP contribution is -2.46. The van der Waals surface area contributed by atoms with Crippen molar-refractivity contribution in [2.24, 2.45) is 0 Å². The molecular weight excluding hydrogens is 300 g/mol. The Bertz CT molecular complexity index is 597. The number of amides is 2. The molecule has 2 amide bonds. The Morgan fingerprint density at radius 2 is 1.83 bits per heavy atom. The Kier molecular flexibility index (Phi) is 5.33. The molecule has 7 nitrogen and oxygen atoms in total. The van der Waals surface area contributed by atoms with Crippen molar-refractivity contribution >= 4 is 17.8 Å². The van der Waals surface area contributed by atoms with Crippen LogP contribution in [-0.2, 0) is 9.53 Å². The predicted molar refractivity (Wildman–Crippen MR) is 82.4 cm³/mol. The third-order valence-electron chi connectivity index (χ3n) is 3.61. The lowest BCUT2D eigenvalue weighted by molar-refractivity contribution is -0.141. The normalized spacial score (nSPS) is 17.7. The van der Waals surface area contributed by atoms with Crippen LogP contribution in [0.25, 0.3) is 0 Å². The van der Waals surface area contributed by atoms with Gasteiger partial charge in [0.2, 0.25) is 0 Å². The maximum Gasteiger partial charge on any atom is 0.306 e. The third-order valence-corrected chi connectivity index (χ3v) is 3.61. The quantitative estimate of drug-likeness (QED) is 0.882. The van der Waals surface area contributed by atoms with Gasteiger partial charge < -0.3 is 19.6 Å². The largest absolute Gasteiger partial charge is 0.481 e. The zero-order chi connectivity index (χ0) is 17.0. The topological polar surface area (TPSA) is 87.2 Å². The highest BCUT2D eigenvalue weighted by Crippen LogP contribution is 2.14. The minimum atomic E-state index is -0.948. The van der Waals surface area contributed by atoms with Crippen LogP contribution in [-0.4, -0.2) is 72.6 Å². The molecule has 1 fully saturated rings. The molecule has 0 bridgehead atoms. The lowest BCUT2D eigenvalue weighted by atomic mass is 10.1. The number of carboxylic acid groups (broad SMARTS) is 1. The number of carbonyl (C=O) groups is 3. The Balaban J connectivity index is 2.05. The molecule has 124 valence electrons. The highest BCUT2D eigenvalue weighted by Gasteiger charge is 2.26. The maximum atomic E-state index is 12.5. The van der Waals surface area contributed by atoms with Crippen molar-refractivity contribution in [3.8, 4) is 0 Å². The van der Waals surface area contributed by atoms with Crippen LogP contribution >= 0.6 is 0 Å². The maximum absolute atomic E-state index is 12.5. The number of nitrogens with zero attached hydrogens (tertiary/aromatic N) is 2. The van der Waals surface area contributed by atoms with Gasteiger partial charge in [-0.3, -0.25) is 14.4 Å². The number of morpholine rings is 1. The van der Waals surface area contributed by atoms with Crippen LogP contribution in [0.2, 0.25) is 0 Å². The summed E-state index contributed by atoms with van der Waals surface area (Å²) in [5, 5.41) is 8.82. The van der Waals surface area contributed by atoms with E-state index >= 15 is 0 Å². The molecule has 0 spiro atoms. The number of aliphatic carboxylic acids is 1. The van der Waals surface area contributed by atoms with Crippen LogP contribution < -0.4 is 0 Å². The highest BCUT2D eigenvalue weighted by molar-refractivity contribution is 5.97. The first-order valence-corrected chi connectivity index (χ1v) is 7.33. The van der Waals surface area contributed by atoms with E-state index in [2.05, 4.69) is 0 Å². The molecule has 1 unspecified atom stereocenters. The fraction of sp³-hybridized carbons (Fsp3) is 0.438. The zero-order valence-electron chi connectivity index (χ0n) is 13.2. The minimum Gasteiger partial charge on any atom is -0.481 e. The summed E-state index contributed by atoms with van der Waals surface area (Å²) in [7, 11) is 3.33. The Morgan fingerprint density at radius 3 is 2.39 bits per heavy atom. The van der Waals surface area contributed by atoms with Gasteiger partial charge in [0.25, 0.3) is 11.8 Å². The number of rotatable bonds is 4. The second-order valence-corrected chi connectivity index (χ2v) is 5.62. The molecule has 0 radical (unpaired) electrons. The van der Waals surface area contributed by atoms with Crippen LogP contribution in [0.3, 0.4) is 0 Å². The van der Waals surface area contributed by atoms with Crippen LogP contribution in [0.5, 0.6) is 0 Å². The Labute approximate surface area is 134 Å². The van der Waals surface area contributed by atoms with E-state index in [1.807, 2.05) is 0 Å². The number of hydrogen-bond acceptors (Lipinski definition) is 4. The summed E-state index contributed by atoms with van der Waals surface area (Å²) < 4.78 is 5.36. The van der Waals surface area contributed by atoms with E-state index in [9.17, 15) is 14.4 Å². The smallest absolute Gasteiger partial charge is 0.306 e. The molecule has 1 N–H and O–H groups in total. The first-order valence-electron chi connectivity index (χ1n) is 7.33. The van der Waals surface area contributed by atoms with Crippen LogP contribution in [0.4, 0.5) is 0 Å². The van der Waals surface area contributed by atoms with Gasteiger partial charge in [-0.2, -0.15) is 0 Å². The van der Waals surface area contributed by atoms with E-state index in [1.54, 1.807) is 43.3 Å². The van der Waals surface area contributed by atoms with Gasteiger partial charge in [0, 0.05) is 38.3 Å². The molecule has 1 heterocycles. The van der Waals surface area contributed by atoms with Crippen LogP contribution in [0.1, 0.15) is 27.1 Å². The third kappa shape index (κ3) is 4.29. The molecule has 0 saturated carbocycles. The van der Waals surface area contributed by atoms with E-state index in [0.29, 0.717) is 24.3 Å². The van der Waals surface area contributed by atoms with E-state index in [-0.39, 0.29) is 24.8 Å². The fourth-order valence-electron chi connectivity index (χ4n) is 2.42. The first-order chi connectivity index (χ1) is 10.9. The second kappa shape index (κ2) is 7.23.